The number of alkyl carbamates (subject to hydrolysis) is 1. The Morgan fingerprint density at radius 2 is 1.81 bits per heavy atom. The zero-order chi connectivity index (χ0) is 23.3. The van der Waals surface area contributed by atoms with Crippen molar-refractivity contribution in [2.75, 3.05) is 20.3 Å². The first-order valence-electron chi connectivity index (χ1n) is 11.6. The second-order valence-electron chi connectivity index (χ2n) is 9.12. The Kier molecular flexibility index (Phi) is 12.4. The number of aliphatic hydroxyl groups excluding tert-OH is 1. The monoisotopic (exact) mass is 437 g/mol. The van der Waals surface area contributed by atoms with E-state index in [1.807, 2.05) is 33.8 Å². The number of nitrogens with one attached hydrogen (secondary N) is 1. The van der Waals surface area contributed by atoms with Crippen LogP contribution >= 0.6 is 0 Å². The lowest BCUT2D eigenvalue weighted by atomic mass is 10.0. The standard InChI is InChI=1S/C25H43NO5/c1-7-8-9-10-11-12-15-30-23-19(2)16-20(17-22(23)29-6)13-14-21(18-27)26-24(28)31-25(3,4)5/h16-17,21,27H,7-15,18H2,1-6H3,(H,26,28)/t21-/m1/s1. The van der Waals surface area contributed by atoms with Gasteiger partial charge < -0.3 is 24.6 Å². The number of unbranched alkanes of at least 4 members (excludes halogenated alkanes) is 5. The third-order valence-corrected chi connectivity index (χ3v) is 4.99. The molecule has 0 aliphatic carbocycles. The van der Waals surface area contributed by atoms with Crippen molar-refractivity contribution in [3.05, 3.63) is 23.3 Å². The van der Waals surface area contributed by atoms with Gasteiger partial charge in [-0.2, -0.15) is 0 Å². The van der Waals surface area contributed by atoms with E-state index in [2.05, 4.69) is 18.3 Å². The quantitative estimate of drug-likeness (QED) is 0.373. The number of aliphatic hydroxyl groups is 1. The predicted molar refractivity (Wildman–Crippen MR) is 125 cm³/mol. The minimum atomic E-state index is -0.570. The maximum absolute atomic E-state index is 12.0. The molecule has 1 aromatic rings. The van der Waals surface area contributed by atoms with Crippen molar-refractivity contribution in [2.45, 2.75) is 97.6 Å². The molecule has 0 saturated carbocycles. The van der Waals surface area contributed by atoms with Crippen molar-refractivity contribution < 1.29 is 24.1 Å². The molecule has 1 rings (SSSR count). The summed E-state index contributed by atoms with van der Waals surface area (Å²) in [6.07, 6.45) is 8.12. The molecular weight excluding hydrogens is 394 g/mol. The zero-order valence-electron chi connectivity index (χ0n) is 20.4. The fourth-order valence-electron chi connectivity index (χ4n) is 3.38. The molecule has 0 aromatic heterocycles. The molecule has 0 radical (unpaired) electrons. The van der Waals surface area contributed by atoms with E-state index in [0.29, 0.717) is 19.4 Å². The molecule has 0 fully saturated rings. The molecule has 0 unspecified atom stereocenters. The van der Waals surface area contributed by atoms with Crippen LogP contribution in [0.4, 0.5) is 4.79 Å². The van der Waals surface area contributed by atoms with Crippen LogP contribution in [0.5, 0.6) is 11.5 Å². The Morgan fingerprint density at radius 1 is 1.13 bits per heavy atom. The number of aryl methyl sites for hydroxylation is 2. The van der Waals surface area contributed by atoms with Gasteiger partial charge in [-0.1, -0.05) is 45.1 Å². The number of hydrogen-bond donors (Lipinski definition) is 2. The third kappa shape index (κ3) is 11.3. The SMILES string of the molecule is CCCCCCCCOc1c(C)cc(CC[C@H](CO)NC(=O)OC(C)(C)C)cc1OC. The van der Waals surface area contributed by atoms with E-state index >= 15 is 0 Å². The summed E-state index contributed by atoms with van der Waals surface area (Å²) in [5, 5.41) is 12.4. The number of rotatable bonds is 14. The molecule has 6 nitrogen and oxygen atoms in total. The third-order valence-electron chi connectivity index (χ3n) is 4.99. The zero-order valence-corrected chi connectivity index (χ0v) is 20.4. The maximum Gasteiger partial charge on any atom is 0.407 e. The van der Waals surface area contributed by atoms with Gasteiger partial charge in [0.05, 0.1) is 26.4 Å². The molecule has 178 valence electrons. The topological polar surface area (TPSA) is 77.0 Å². The van der Waals surface area contributed by atoms with Crippen molar-refractivity contribution in [3.8, 4) is 11.5 Å². The summed E-state index contributed by atoms with van der Waals surface area (Å²) in [7, 11) is 1.65. The number of ether oxygens (including phenoxy) is 3. The molecular formula is C25H43NO5. The number of hydrogen-bond acceptors (Lipinski definition) is 5. The number of benzene rings is 1. The molecule has 2 N–H and O–H groups in total. The van der Waals surface area contributed by atoms with Gasteiger partial charge in [-0.05, 0) is 64.2 Å². The first-order valence-corrected chi connectivity index (χ1v) is 11.6. The van der Waals surface area contributed by atoms with Crippen LogP contribution in [-0.2, 0) is 11.2 Å². The van der Waals surface area contributed by atoms with Crippen LogP contribution < -0.4 is 14.8 Å². The highest BCUT2D eigenvalue weighted by molar-refractivity contribution is 5.68. The van der Waals surface area contributed by atoms with E-state index < -0.39 is 11.7 Å². The highest BCUT2D eigenvalue weighted by atomic mass is 16.6. The van der Waals surface area contributed by atoms with E-state index in [-0.39, 0.29) is 12.6 Å². The fourth-order valence-corrected chi connectivity index (χ4v) is 3.38. The van der Waals surface area contributed by atoms with Crippen LogP contribution in [-0.4, -0.2) is 43.2 Å². The molecule has 1 amide bonds. The number of methoxy groups -OCH3 is 1. The summed E-state index contributed by atoms with van der Waals surface area (Å²) in [5.74, 6) is 1.52. The molecule has 0 aliphatic heterocycles. The summed E-state index contributed by atoms with van der Waals surface area (Å²) < 4.78 is 16.9. The average molecular weight is 438 g/mol. The van der Waals surface area contributed by atoms with Gasteiger partial charge in [0.15, 0.2) is 11.5 Å². The second-order valence-corrected chi connectivity index (χ2v) is 9.12. The van der Waals surface area contributed by atoms with Crippen LogP contribution in [0.3, 0.4) is 0 Å². The Bertz CT molecular complexity index is 654. The van der Waals surface area contributed by atoms with E-state index in [1.54, 1.807) is 7.11 Å². The van der Waals surface area contributed by atoms with E-state index in [4.69, 9.17) is 14.2 Å². The number of carbonyl (C=O) groups excluding carboxylic acids is 1. The average Bonchev–Trinajstić information content (AvgIpc) is 2.69. The number of amides is 1. The van der Waals surface area contributed by atoms with Crippen LogP contribution in [0.15, 0.2) is 12.1 Å². The highest BCUT2D eigenvalue weighted by Crippen LogP contribution is 2.33. The highest BCUT2D eigenvalue weighted by Gasteiger charge is 2.19. The lowest BCUT2D eigenvalue weighted by Gasteiger charge is -2.23. The molecule has 31 heavy (non-hydrogen) atoms. The van der Waals surface area contributed by atoms with E-state index in [1.165, 1.54) is 32.1 Å². The molecule has 0 saturated heterocycles. The minimum Gasteiger partial charge on any atom is -0.493 e. The van der Waals surface area contributed by atoms with Crippen molar-refractivity contribution in [1.82, 2.24) is 5.32 Å². The second kappa shape index (κ2) is 14.2. The van der Waals surface area contributed by atoms with Gasteiger partial charge in [0.2, 0.25) is 0 Å². The first-order chi connectivity index (χ1) is 14.7. The Hall–Kier alpha value is -1.95. The maximum atomic E-state index is 12.0. The van der Waals surface area contributed by atoms with Gasteiger partial charge in [-0.25, -0.2) is 4.79 Å². The molecule has 0 bridgehead atoms. The van der Waals surface area contributed by atoms with E-state index in [0.717, 1.165) is 29.0 Å². The molecule has 0 aliphatic rings. The first kappa shape index (κ1) is 27.1. The van der Waals surface area contributed by atoms with Crippen molar-refractivity contribution in [1.29, 1.82) is 0 Å². The lowest BCUT2D eigenvalue weighted by Crippen LogP contribution is -2.41. The molecule has 6 heteroatoms. The van der Waals surface area contributed by atoms with Crippen molar-refractivity contribution in [3.63, 3.8) is 0 Å². The van der Waals surface area contributed by atoms with Gasteiger partial charge >= 0.3 is 6.09 Å². The van der Waals surface area contributed by atoms with Crippen LogP contribution in [0.25, 0.3) is 0 Å². The predicted octanol–water partition coefficient (Wildman–Crippen LogP) is 5.56. The Labute approximate surface area is 188 Å². The van der Waals surface area contributed by atoms with E-state index in [9.17, 15) is 9.90 Å². The summed E-state index contributed by atoms with van der Waals surface area (Å²) in [4.78, 5) is 12.0. The smallest absolute Gasteiger partial charge is 0.407 e. The van der Waals surface area contributed by atoms with Gasteiger partial charge in [0.1, 0.15) is 5.60 Å². The molecule has 1 aromatic carbocycles. The molecule has 1 atom stereocenters. The summed E-state index contributed by atoms with van der Waals surface area (Å²) in [6.45, 7) is 10.2. The normalized spacial score (nSPS) is 12.4. The summed E-state index contributed by atoms with van der Waals surface area (Å²) in [5.41, 5.74) is 1.53. The number of carbonyl (C=O) groups is 1. The fraction of sp³-hybridized carbons (Fsp3) is 0.720. The lowest BCUT2D eigenvalue weighted by molar-refractivity contribution is 0.0479. The molecule has 0 heterocycles. The van der Waals surface area contributed by atoms with Crippen molar-refractivity contribution >= 4 is 6.09 Å². The van der Waals surface area contributed by atoms with Gasteiger partial charge in [-0.15, -0.1) is 0 Å². The van der Waals surface area contributed by atoms with Crippen molar-refractivity contribution in [2.24, 2.45) is 0 Å². The largest absolute Gasteiger partial charge is 0.493 e. The Balaban J connectivity index is 2.59. The van der Waals surface area contributed by atoms with Crippen LogP contribution in [0, 0.1) is 6.92 Å². The Morgan fingerprint density at radius 3 is 2.42 bits per heavy atom. The van der Waals surface area contributed by atoms with Crippen LogP contribution in [0.1, 0.15) is 83.8 Å². The van der Waals surface area contributed by atoms with Crippen LogP contribution in [0.2, 0.25) is 0 Å². The minimum absolute atomic E-state index is 0.144. The van der Waals surface area contributed by atoms with Gasteiger partial charge in [0, 0.05) is 0 Å². The summed E-state index contributed by atoms with van der Waals surface area (Å²) in [6, 6.07) is 3.69. The van der Waals surface area contributed by atoms with Gasteiger partial charge in [0.25, 0.3) is 0 Å². The molecule has 0 spiro atoms. The van der Waals surface area contributed by atoms with Gasteiger partial charge in [-0.3, -0.25) is 0 Å². The summed E-state index contributed by atoms with van der Waals surface area (Å²) >= 11 is 0.